The van der Waals surface area contributed by atoms with E-state index >= 15 is 0 Å². The van der Waals surface area contributed by atoms with Crippen molar-refractivity contribution in [1.29, 1.82) is 0 Å². The second-order valence-corrected chi connectivity index (χ2v) is 4.31. The van der Waals surface area contributed by atoms with Gasteiger partial charge in [-0.2, -0.15) is 5.10 Å². The average Bonchev–Trinajstić information content (AvgIpc) is 2.85. The van der Waals surface area contributed by atoms with Crippen LogP contribution < -0.4 is 10.6 Å². The molecule has 0 saturated heterocycles. The van der Waals surface area contributed by atoms with Gasteiger partial charge in [0.05, 0.1) is 6.20 Å². The number of benzene rings is 1. The monoisotopic (exact) mass is 244 g/mol. The zero-order valence-electron chi connectivity index (χ0n) is 11.0. The van der Waals surface area contributed by atoms with Crippen LogP contribution in [0.5, 0.6) is 0 Å². The first-order chi connectivity index (χ1) is 8.72. The molecule has 1 heterocycles. The predicted octanol–water partition coefficient (Wildman–Crippen LogP) is 2.51. The van der Waals surface area contributed by atoms with Gasteiger partial charge in [-0.25, -0.2) is 0 Å². The van der Waals surface area contributed by atoms with Crippen LogP contribution >= 0.6 is 0 Å². The Labute approximate surface area is 108 Å². The zero-order valence-corrected chi connectivity index (χ0v) is 11.0. The number of hydrogen-bond donors (Lipinski definition) is 1. The highest BCUT2D eigenvalue weighted by atomic mass is 15.3. The third-order valence-corrected chi connectivity index (χ3v) is 3.02. The van der Waals surface area contributed by atoms with Gasteiger partial charge in [-0.1, -0.05) is 0 Å². The molecule has 0 aliphatic heterocycles. The van der Waals surface area contributed by atoms with Crippen molar-refractivity contribution in [2.75, 3.05) is 17.2 Å². The van der Waals surface area contributed by atoms with E-state index in [4.69, 9.17) is 5.73 Å². The lowest BCUT2D eigenvalue weighted by atomic mass is 10.2. The molecule has 1 aromatic heterocycles. The number of hydrogen-bond acceptors (Lipinski definition) is 3. The van der Waals surface area contributed by atoms with E-state index in [1.54, 1.807) is 0 Å². The van der Waals surface area contributed by atoms with Gasteiger partial charge in [0.15, 0.2) is 0 Å². The van der Waals surface area contributed by atoms with Gasteiger partial charge >= 0.3 is 0 Å². The Balaban J connectivity index is 2.11. The Morgan fingerprint density at radius 3 is 2.50 bits per heavy atom. The van der Waals surface area contributed by atoms with Crippen LogP contribution in [-0.4, -0.2) is 16.3 Å². The molecule has 0 atom stereocenters. The quantitative estimate of drug-likeness (QED) is 0.822. The molecule has 2 N–H and O–H groups in total. The molecular weight excluding hydrogens is 224 g/mol. The summed E-state index contributed by atoms with van der Waals surface area (Å²) in [5, 5.41) is 4.30. The van der Waals surface area contributed by atoms with Crippen molar-refractivity contribution < 1.29 is 0 Å². The van der Waals surface area contributed by atoms with Gasteiger partial charge in [0.2, 0.25) is 0 Å². The first kappa shape index (κ1) is 12.5. The minimum atomic E-state index is 0.800. The minimum Gasteiger partial charge on any atom is -0.399 e. The molecule has 0 bridgehead atoms. The largest absolute Gasteiger partial charge is 0.399 e. The number of nitrogen functional groups attached to an aromatic ring is 1. The summed E-state index contributed by atoms with van der Waals surface area (Å²) in [6.45, 7) is 6.99. The van der Waals surface area contributed by atoms with E-state index in [0.717, 1.165) is 25.3 Å². The molecule has 4 heteroatoms. The molecule has 0 radical (unpaired) electrons. The van der Waals surface area contributed by atoms with Crippen LogP contribution in [0, 0.1) is 0 Å². The predicted molar refractivity (Wildman–Crippen MR) is 75.5 cm³/mol. The number of aromatic nitrogens is 2. The van der Waals surface area contributed by atoms with Gasteiger partial charge in [-0.3, -0.25) is 4.68 Å². The van der Waals surface area contributed by atoms with Crippen LogP contribution in [0.1, 0.15) is 19.4 Å². The molecule has 0 fully saturated rings. The Hall–Kier alpha value is -1.97. The van der Waals surface area contributed by atoms with Crippen LogP contribution in [0.15, 0.2) is 36.7 Å². The SMILES string of the molecule is CCN(Cc1cnn(CC)c1)c1ccc(N)cc1. The highest BCUT2D eigenvalue weighted by molar-refractivity contribution is 5.53. The summed E-state index contributed by atoms with van der Waals surface area (Å²) >= 11 is 0. The fraction of sp³-hybridized carbons (Fsp3) is 0.357. The van der Waals surface area contributed by atoms with Gasteiger partial charge < -0.3 is 10.6 Å². The van der Waals surface area contributed by atoms with Gasteiger partial charge in [0.25, 0.3) is 0 Å². The number of aryl methyl sites for hydroxylation is 1. The van der Waals surface area contributed by atoms with Crippen LogP contribution in [0.2, 0.25) is 0 Å². The third kappa shape index (κ3) is 2.83. The number of anilines is 2. The Kier molecular flexibility index (Phi) is 3.87. The summed E-state index contributed by atoms with van der Waals surface area (Å²) in [6.07, 6.45) is 4.03. The third-order valence-electron chi connectivity index (χ3n) is 3.02. The summed E-state index contributed by atoms with van der Waals surface area (Å²) in [7, 11) is 0. The second-order valence-electron chi connectivity index (χ2n) is 4.31. The maximum atomic E-state index is 5.71. The van der Waals surface area contributed by atoms with Crippen molar-refractivity contribution in [3.8, 4) is 0 Å². The van der Waals surface area contributed by atoms with E-state index in [2.05, 4.69) is 42.2 Å². The van der Waals surface area contributed by atoms with Crippen molar-refractivity contribution >= 4 is 11.4 Å². The molecule has 0 amide bonds. The van der Waals surface area contributed by atoms with Crippen LogP contribution in [0.4, 0.5) is 11.4 Å². The Morgan fingerprint density at radius 1 is 1.22 bits per heavy atom. The highest BCUT2D eigenvalue weighted by Gasteiger charge is 2.06. The lowest BCUT2D eigenvalue weighted by Gasteiger charge is -2.22. The van der Waals surface area contributed by atoms with Crippen LogP contribution in [0.25, 0.3) is 0 Å². The fourth-order valence-corrected chi connectivity index (χ4v) is 1.95. The summed E-state index contributed by atoms with van der Waals surface area (Å²) in [5.74, 6) is 0. The van der Waals surface area contributed by atoms with Crippen molar-refractivity contribution in [2.45, 2.75) is 26.9 Å². The number of nitrogens with two attached hydrogens (primary N) is 1. The molecule has 0 aliphatic carbocycles. The maximum Gasteiger partial charge on any atom is 0.0539 e. The first-order valence-electron chi connectivity index (χ1n) is 6.34. The summed E-state index contributed by atoms with van der Waals surface area (Å²) < 4.78 is 1.95. The standard InChI is InChI=1S/C14H20N4/c1-3-17(14-7-5-13(15)6-8-14)10-12-9-16-18(4-2)11-12/h5-9,11H,3-4,10,15H2,1-2H3. The minimum absolute atomic E-state index is 0.800. The lowest BCUT2D eigenvalue weighted by molar-refractivity contribution is 0.659. The van der Waals surface area contributed by atoms with Crippen molar-refractivity contribution in [3.05, 3.63) is 42.2 Å². The van der Waals surface area contributed by atoms with E-state index in [0.29, 0.717) is 0 Å². The normalized spacial score (nSPS) is 10.6. The molecule has 2 rings (SSSR count). The van der Waals surface area contributed by atoms with Crippen LogP contribution in [-0.2, 0) is 13.1 Å². The fourth-order valence-electron chi connectivity index (χ4n) is 1.95. The summed E-state index contributed by atoms with van der Waals surface area (Å²) in [6, 6.07) is 7.99. The molecule has 0 aliphatic rings. The van der Waals surface area contributed by atoms with E-state index in [-0.39, 0.29) is 0 Å². The maximum absolute atomic E-state index is 5.71. The average molecular weight is 244 g/mol. The zero-order chi connectivity index (χ0) is 13.0. The van der Waals surface area contributed by atoms with Crippen LogP contribution in [0.3, 0.4) is 0 Å². The van der Waals surface area contributed by atoms with Gasteiger partial charge in [0, 0.05) is 42.8 Å². The molecule has 1 aromatic carbocycles. The molecule has 0 unspecified atom stereocenters. The lowest BCUT2D eigenvalue weighted by Crippen LogP contribution is -2.21. The molecule has 0 spiro atoms. The van der Waals surface area contributed by atoms with E-state index < -0.39 is 0 Å². The molecular formula is C14H20N4. The Bertz CT molecular complexity index is 487. The van der Waals surface area contributed by atoms with Gasteiger partial charge in [-0.15, -0.1) is 0 Å². The van der Waals surface area contributed by atoms with E-state index in [1.807, 2.05) is 23.0 Å². The number of rotatable bonds is 5. The smallest absolute Gasteiger partial charge is 0.0539 e. The molecule has 96 valence electrons. The van der Waals surface area contributed by atoms with E-state index in [9.17, 15) is 0 Å². The van der Waals surface area contributed by atoms with Crippen molar-refractivity contribution in [2.24, 2.45) is 0 Å². The van der Waals surface area contributed by atoms with Crippen molar-refractivity contribution in [1.82, 2.24) is 9.78 Å². The first-order valence-corrected chi connectivity index (χ1v) is 6.34. The molecule has 18 heavy (non-hydrogen) atoms. The van der Waals surface area contributed by atoms with Gasteiger partial charge in [0.1, 0.15) is 0 Å². The van der Waals surface area contributed by atoms with Crippen molar-refractivity contribution in [3.63, 3.8) is 0 Å². The summed E-state index contributed by atoms with van der Waals surface area (Å²) in [4.78, 5) is 2.30. The number of nitrogens with zero attached hydrogens (tertiary/aromatic N) is 3. The van der Waals surface area contributed by atoms with Gasteiger partial charge in [-0.05, 0) is 38.1 Å². The topological polar surface area (TPSA) is 47.1 Å². The molecule has 4 nitrogen and oxygen atoms in total. The molecule has 2 aromatic rings. The Morgan fingerprint density at radius 2 is 1.94 bits per heavy atom. The van der Waals surface area contributed by atoms with E-state index in [1.165, 1.54) is 11.3 Å². The second kappa shape index (κ2) is 5.58. The highest BCUT2D eigenvalue weighted by Crippen LogP contribution is 2.18. The summed E-state index contributed by atoms with van der Waals surface area (Å²) in [5.41, 5.74) is 8.93. The molecule has 0 saturated carbocycles.